The number of hydrogen-bond donors (Lipinski definition) is 0. The van der Waals surface area contributed by atoms with Crippen LogP contribution in [-0.4, -0.2) is 11.0 Å². The largest absolute Gasteiger partial charge is 0.258 e. The van der Waals surface area contributed by atoms with E-state index in [0.29, 0.717) is 22.6 Å². The Bertz CT molecular complexity index is 1090. The Balaban J connectivity index is 1.48. The third-order valence-electron chi connectivity index (χ3n) is 8.69. The molecule has 6 atom stereocenters. The van der Waals surface area contributed by atoms with Crippen molar-refractivity contribution in [3.05, 3.63) is 144 Å². The van der Waals surface area contributed by atoms with Gasteiger partial charge in [-0.2, -0.15) is 0 Å². The maximum atomic E-state index is 3.18. The normalized spacial score (nSPS) is 26.7. The van der Waals surface area contributed by atoms with Crippen LogP contribution >= 0.6 is 16.1 Å². The summed E-state index contributed by atoms with van der Waals surface area (Å²) < 4.78 is 3.18. The Kier molecular flexibility index (Phi) is 8.91. The first-order chi connectivity index (χ1) is 19.3. The third-order valence-corrected chi connectivity index (χ3v) is 16.2. The van der Waals surface area contributed by atoms with Gasteiger partial charge in [0.25, 0.3) is 0 Å². The van der Waals surface area contributed by atoms with Gasteiger partial charge in [0.1, 0.15) is 0 Å². The highest BCUT2D eigenvalue weighted by atomic mass is 31.2. The average molecular weight is 550 g/mol. The molecule has 1 nitrogen and oxygen atoms in total. The van der Waals surface area contributed by atoms with Gasteiger partial charge in [0, 0.05) is 29.2 Å². The molecule has 4 aromatic carbocycles. The molecule has 2 fully saturated rings. The minimum absolute atomic E-state index is 0.382. The molecule has 2 aliphatic heterocycles. The molecule has 0 amide bonds. The first-order valence-corrected chi connectivity index (χ1v) is 17.8. The van der Waals surface area contributed by atoms with Gasteiger partial charge in [0.2, 0.25) is 0 Å². The number of benzene rings is 4. The Morgan fingerprint density at radius 3 is 1.03 bits per heavy atom. The van der Waals surface area contributed by atoms with E-state index in [-0.39, 0.29) is 16.1 Å². The summed E-state index contributed by atoms with van der Waals surface area (Å²) in [6, 6.07) is 46.1. The molecule has 39 heavy (non-hydrogen) atoms. The molecule has 2 heterocycles. The van der Waals surface area contributed by atoms with Crippen molar-refractivity contribution in [3.8, 4) is 0 Å². The van der Waals surface area contributed by atoms with Gasteiger partial charge in [-0.15, -0.1) is 0 Å². The molecule has 0 bridgehead atoms. The van der Waals surface area contributed by atoms with Crippen molar-refractivity contribution in [3.63, 3.8) is 0 Å². The Labute approximate surface area is 238 Å². The SMILES string of the molecule is CCCCN(P1C(c2ccccc2)CC[C@H]1c1ccccc1)P1C(c2ccccc2)CC[C@H]1c1ccccc1. The monoisotopic (exact) mass is 549 g/mol. The van der Waals surface area contributed by atoms with E-state index in [0.717, 1.165) is 0 Å². The van der Waals surface area contributed by atoms with Crippen LogP contribution < -0.4 is 0 Å². The van der Waals surface area contributed by atoms with Crippen LogP contribution in [0.3, 0.4) is 0 Å². The fourth-order valence-electron chi connectivity index (χ4n) is 6.87. The highest BCUT2D eigenvalue weighted by Crippen LogP contribution is 2.83. The van der Waals surface area contributed by atoms with E-state index in [1.165, 1.54) is 45.1 Å². The Hall–Kier alpha value is -2.30. The van der Waals surface area contributed by atoms with Crippen LogP contribution in [0, 0.1) is 0 Å². The lowest BCUT2D eigenvalue weighted by Crippen LogP contribution is -2.20. The van der Waals surface area contributed by atoms with Crippen LogP contribution in [0.25, 0.3) is 0 Å². The predicted octanol–water partition coefficient (Wildman–Crippen LogP) is 11.4. The molecule has 200 valence electrons. The molecule has 4 aromatic rings. The van der Waals surface area contributed by atoms with Gasteiger partial charge >= 0.3 is 0 Å². The van der Waals surface area contributed by atoms with Gasteiger partial charge < -0.3 is 0 Å². The zero-order chi connectivity index (χ0) is 26.4. The summed E-state index contributed by atoms with van der Waals surface area (Å²) >= 11 is 0. The van der Waals surface area contributed by atoms with Gasteiger partial charge in [-0.05, 0) is 70.5 Å². The van der Waals surface area contributed by atoms with Crippen molar-refractivity contribution in [2.75, 3.05) is 6.54 Å². The Morgan fingerprint density at radius 1 is 0.487 bits per heavy atom. The van der Waals surface area contributed by atoms with Gasteiger partial charge in [-0.25, -0.2) is 0 Å². The number of rotatable bonds is 9. The van der Waals surface area contributed by atoms with E-state index in [1.54, 1.807) is 22.3 Å². The summed E-state index contributed by atoms with van der Waals surface area (Å²) in [6.45, 7) is 3.60. The van der Waals surface area contributed by atoms with Crippen molar-refractivity contribution in [1.29, 1.82) is 0 Å². The number of unbranched alkanes of at least 4 members (excludes halogenated alkanes) is 1. The predicted molar refractivity (Wildman–Crippen MR) is 171 cm³/mol. The fourth-order valence-corrected chi connectivity index (χ4v) is 15.8. The van der Waals surface area contributed by atoms with Gasteiger partial charge in [-0.1, -0.05) is 135 Å². The molecule has 0 aliphatic carbocycles. The molecule has 0 saturated carbocycles. The van der Waals surface area contributed by atoms with E-state index in [2.05, 4.69) is 133 Å². The summed E-state index contributed by atoms with van der Waals surface area (Å²) in [5.41, 5.74) is 8.79. The first-order valence-electron chi connectivity index (χ1n) is 14.9. The van der Waals surface area contributed by atoms with Crippen LogP contribution in [0.2, 0.25) is 0 Å². The lowest BCUT2D eigenvalue weighted by Gasteiger charge is -2.45. The molecular weight excluding hydrogens is 508 g/mol. The molecule has 2 aliphatic rings. The van der Waals surface area contributed by atoms with Crippen LogP contribution in [0.15, 0.2) is 121 Å². The second kappa shape index (κ2) is 12.9. The van der Waals surface area contributed by atoms with E-state index in [1.807, 2.05) is 0 Å². The van der Waals surface area contributed by atoms with Gasteiger partial charge in [0.05, 0.1) is 0 Å². The molecule has 0 radical (unpaired) electrons. The summed E-state index contributed by atoms with van der Waals surface area (Å²) in [5, 5.41) is 0. The summed E-state index contributed by atoms with van der Waals surface area (Å²) in [5.74, 6) is 0. The lowest BCUT2D eigenvalue weighted by molar-refractivity contribution is 0.618. The second-order valence-corrected chi connectivity index (χ2v) is 16.4. The molecular formula is C36H41NP2. The highest BCUT2D eigenvalue weighted by molar-refractivity contribution is 7.71. The minimum atomic E-state index is -0.382. The maximum Gasteiger partial charge on any atom is 0.0183 e. The zero-order valence-electron chi connectivity index (χ0n) is 23.1. The fraction of sp³-hybridized carbons (Fsp3) is 0.333. The quantitative estimate of drug-likeness (QED) is 0.188. The highest BCUT2D eigenvalue weighted by Gasteiger charge is 2.49. The molecule has 0 spiro atoms. The summed E-state index contributed by atoms with van der Waals surface area (Å²) in [6.07, 6.45) is 7.73. The van der Waals surface area contributed by atoms with Crippen LogP contribution in [0.5, 0.6) is 0 Å². The first kappa shape index (κ1) is 26.9. The Morgan fingerprint density at radius 2 is 0.769 bits per heavy atom. The van der Waals surface area contributed by atoms with Crippen molar-refractivity contribution < 1.29 is 0 Å². The lowest BCUT2D eigenvalue weighted by atomic mass is 10.0. The summed E-state index contributed by atoms with van der Waals surface area (Å²) in [4.78, 5) is 0. The second-order valence-electron chi connectivity index (χ2n) is 11.1. The third kappa shape index (κ3) is 5.79. The average Bonchev–Trinajstić information content (AvgIpc) is 3.65. The summed E-state index contributed by atoms with van der Waals surface area (Å²) in [7, 11) is -0.765. The maximum absolute atomic E-state index is 3.18. The van der Waals surface area contributed by atoms with Crippen molar-refractivity contribution in [1.82, 2.24) is 4.44 Å². The zero-order valence-corrected chi connectivity index (χ0v) is 24.9. The standard InChI is InChI=1S/C36H41NP2/c1-2-3-28-37(38-33(29-16-8-4-9-17-29)24-25-34(38)30-18-10-5-11-19-30)39-35(31-20-12-6-13-21-31)26-27-36(39)32-22-14-7-15-23-32/h4-23,33-36H,2-3,24-28H2,1H3/t33-,34?,35-,36?,38?,39?/m0/s1. The molecule has 2 saturated heterocycles. The van der Waals surface area contributed by atoms with Crippen molar-refractivity contribution >= 4 is 16.1 Å². The van der Waals surface area contributed by atoms with Crippen molar-refractivity contribution in [2.45, 2.75) is 68.1 Å². The van der Waals surface area contributed by atoms with E-state index < -0.39 is 0 Å². The molecule has 6 rings (SSSR count). The van der Waals surface area contributed by atoms with E-state index in [9.17, 15) is 0 Å². The van der Waals surface area contributed by atoms with Gasteiger partial charge in [-0.3, -0.25) is 4.44 Å². The smallest absolute Gasteiger partial charge is 0.0183 e. The van der Waals surface area contributed by atoms with Crippen LogP contribution in [0.1, 0.15) is 90.3 Å². The van der Waals surface area contributed by atoms with Crippen molar-refractivity contribution in [2.24, 2.45) is 0 Å². The number of nitrogens with zero attached hydrogens (tertiary/aromatic N) is 1. The number of hydrogen-bond acceptors (Lipinski definition) is 1. The minimum Gasteiger partial charge on any atom is -0.258 e. The molecule has 4 unspecified atom stereocenters. The van der Waals surface area contributed by atoms with Crippen LogP contribution in [0.4, 0.5) is 0 Å². The molecule has 0 aromatic heterocycles. The van der Waals surface area contributed by atoms with E-state index in [4.69, 9.17) is 0 Å². The molecule has 0 N–H and O–H groups in total. The van der Waals surface area contributed by atoms with Gasteiger partial charge in [0.15, 0.2) is 0 Å². The topological polar surface area (TPSA) is 3.24 Å². The molecule has 3 heteroatoms. The van der Waals surface area contributed by atoms with Crippen LogP contribution in [-0.2, 0) is 0 Å². The van der Waals surface area contributed by atoms with E-state index >= 15 is 0 Å².